The molecular weight excluding hydrogens is 330 g/mol. The Kier molecular flexibility index (Phi) is 4.27. The molecule has 1 heterocycles. The third-order valence-electron chi connectivity index (χ3n) is 3.51. The summed E-state index contributed by atoms with van der Waals surface area (Å²) in [5.74, 6) is 0.0628. The zero-order valence-electron chi connectivity index (χ0n) is 13.1. The molecule has 0 spiro atoms. The van der Waals surface area contributed by atoms with Crippen molar-refractivity contribution in [3.8, 4) is 5.75 Å². The largest absolute Gasteiger partial charge is 0.497 e. The van der Waals surface area contributed by atoms with Crippen LogP contribution in [0.2, 0.25) is 5.02 Å². The van der Waals surface area contributed by atoms with Gasteiger partial charge in [0.15, 0.2) is 5.76 Å². The van der Waals surface area contributed by atoms with E-state index in [1.54, 1.807) is 49.6 Å². The van der Waals surface area contributed by atoms with Gasteiger partial charge in [-0.05, 0) is 42.5 Å². The summed E-state index contributed by atoms with van der Waals surface area (Å²) in [4.78, 5) is 24.3. The van der Waals surface area contributed by atoms with Gasteiger partial charge in [0.25, 0.3) is 0 Å². The second kappa shape index (κ2) is 6.37. The monoisotopic (exact) mass is 343 g/mol. The molecule has 0 atom stereocenters. The number of furan rings is 1. The zero-order chi connectivity index (χ0) is 17.3. The van der Waals surface area contributed by atoms with E-state index < -0.39 is 0 Å². The number of amides is 1. The van der Waals surface area contributed by atoms with Gasteiger partial charge in [-0.3, -0.25) is 9.59 Å². The van der Waals surface area contributed by atoms with E-state index in [2.05, 4.69) is 5.32 Å². The van der Waals surface area contributed by atoms with Gasteiger partial charge in [0, 0.05) is 22.9 Å². The molecule has 24 heavy (non-hydrogen) atoms. The molecular formula is C18H14ClNO4. The summed E-state index contributed by atoms with van der Waals surface area (Å²) in [5.41, 5.74) is 1.22. The fourth-order valence-corrected chi connectivity index (χ4v) is 2.58. The summed E-state index contributed by atoms with van der Waals surface area (Å²) in [6, 6.07) is 11.6. The van der Waals surface area contributed by atoms with Crippen molar-refractivity contribution in [2.24, 2.45) is 0 Å². The zero-order valence-corrected chi connectivity index (χ0v) is 13.8. The first-order valence-corrected chi connectivity index (χ1v) is 7.56. The van der Waals surface area contributed by atoms with Crippen molar-refractivity contribution in [2.75, 3.05) is 12.4 Å². The molecule has 3 aromatic rings. The number of fused-ring (bicyclic) bond motifs is 1. The van der Waals surface area contributed by atoms with E-state index in [1.165, 1.54) is 6.92 Å². The van der Waals surface area contributed by atoms with Gasteiger partial charge in [-0.15, -0.1) is 0 Å². The molecule has 0 aliphatic carbocycles. The second-order valence-corrected chi connectivity index (χ2v) is 5.62. The maximum atomic E-state index is 12.8. The number of anilines is 1. The smallest absolute Gasteiger partial charge is 0.230 e. The average molecular weight is 344 g/mol. The predicted molar refractivity (Wildman–Crippen MR) is 92.0 cm³/mol. The van der Waals surface area contributed by atoms with Crippen LogP contribution in [0.1, 0.15) is 23.0 Å². The third-order valence-corrected chi connectivity index (χ3v) is 3.74. The van der Waals surface area contributed by atoms with Crippen molar-refractivity contribution >= 4 is 39.9 Å². The molecule has 0 unspecified atom stereocenters. The van der Waals surface area contributed by atoms with E-state index in [0.717, 1.165) is 0 Å². The van der Waals surface area contributed by atoms with Crippen molar-refractivity contribution in [3.05, 3.63) is 58.8 Å². The fourth-order valence-electron chi connectivity index (χ4n) is 2.40. The summed E-state index contributed by atoms with van der Waals surface area (Å²) in [6.07, 6.45) is 0. The Balaban J connectivity index is 2.12. The van der Waals surface area contributed by atoms with Crippen LogP contribution in [0.4, 0.5) is 5.69 Å². The molecule has 0 aliphatic heterocycles. The molecule has 0 bridgehead atoms. The lowest BCUT2D eigenvalue weighted by atomic mass is 10.1. The Hall–Kier alpha value is -2.79. The van der Waals surface area contributed by atoms with E-state index in [4.69, 9.17) is 20.8 Å². The van der Waals surface area contributed by atoms with Gasteiger partial charge in [0.1, 0.15) is 11.3 Å². The molecule has 1 N–H and O–H groups in total. The lowest BCUT2D eigenvalue weighted by molar-refractivity contribution is -0.114. The van der Waals surface area contributed by atoms with E-state index in [0.29, 0.717) is 33.0 Å². The summed E-state index contributed by atoms with van der Waals surface area (Å²) in [6.45, 7) is 1.37. The molecule has 1 aromatic heterocycles. The van der Waals surface area contributed by atoms with E-state index in [1.807, 2.05) is 0 Å². The van der Waals surface area contributed by atoms with Crippen LogP contribution in [0.3, 0.4) is 0 Å². The predicted octanol–water partition coefficient (Wildman–Crippen LogP) is 4.28. The van der Waals surface area contributed by atoms with Crippen molar-refractivity contribution < 1.29 is 18.7 Å². The number of hydrogen-bond acceptors (Lipinski definition) is 4. The Morgan fingerprint density at radius 2 is 1.83 bits per heavy atom. The minimum absolute atomic E-state index is 0.0626. The number of methoxy groups -OCH3 is 1. The normalized spacial score (nSPS) is 10.6. The minimum Gasteiger partial charge on any atom is -0.497 e. The van der Waals surface area contributed by atoms with Gasteiger partial charge in [-0.1, -0.05) is 11.6 Å². The Bertz CT molecular complexity index is 928. The number of nitrogens with one attached hydrogen (secondary N) is 1. The average Bonchev–Trinajstić information content (AvgIpc) is 2.91. The minimum atomic E-state index is -0.339. The van der Waals surface area contributed by atoms with Gasteiger partial charge < -0.3 is 14.5 Å². The van der Waals surface area contributed by atoms with Crippen molar-refractivity contribution in [2.45, 2.75) is 6.92 Å². The molecule has 0 radical (unpaired) electrons. The molecule has 1 amide bonds. The van der Waals surface area contributed by atoms with Gasteiger partial charge in [-0.2, -0.15) is 0 Å². The number of hydrogen-bond donors (Lipinski definition) is 1. The van der Waals surface area contributed by atoms with Gasteiger partial charge in [-0.25, -0.2) is 0 Å². The highest BCUT2D eigenvalue weighted by molar-refractivity contribution is 6.31. The maximum Gasteiger partial charge on any atom is 0.230 e. The van der Waals surface area contributed by atoms with Crippen LogP contribution in [0.15, 0.2) is 46.9 Å². The summed E-state index contributed by atoms with van der Waals surface area (Å²) < 4.78 is 10.8. The summed E-state index contributed by atoms with van der Waals surface area (Å²) >= 11 is 6.01. The molecule has 2 aromatic carbocycles. The maximum absolute atomic E-state index is 12.8. The first kappa shape index (κ1) is 16.1. The molecule has 0 saturated heterocycles. The quantitative estimate of drug-likeness (QED) is 0.718. The number of carbonyl (C=O) groups is 2. The van der Waals surface area contributed by atoms with Gasteiger partial charge >= 0.3 is 0 Å². The summed E-state index contributed by atoms with van der Waals surface area (Å²) in [7, 11) is 1.55. The number of ketones is 1. The van der Waals surface area contributed by atoms with Crippen LogP contribution in [0.25, 0.3) is 11.0 Å². The number of ether oxygens (including phenoxy) is 1. The van der Waals surface area contributed by atoms with E-state index in [9.17, 15) is 9.59 Å². The van der Waals surface area contributed by atoms with Crippen LogP contribution in [0, 0.1) is 0 Å². The van der Waals surface area contributed by atoms with Gasteiger partial charge in [0.2, 0.25) is 11.7 Å². The van der Waals surface area contributed by atoms with Crippen LogP contribution >= 0.6 is 11.6 Å². The third kappa shape index (κ3) is 2.98. The van der Waals surface area contributed by atoms with E-state index in [-0.39, 0.29) is 17.5 Å². The standard InChI is InChI=1S/C18H14ClNO4/c1-10(21)20-16-14-9-12(19)5-8-15(14)24-18(16)17(22)11-3-6-13(23-2)7-4-11/h3-9H,1-2H3,(H,20,21). The van der Waals surface area contributed by atoms with Crippen LogP contribution < -0.4 is 10.1 Å². The highest BCUT2D eigenvalue weighted by Crippen LogP contribution is 2.34. The van der Waals surface area contributed by atoms with Crippen molar-refractivity contribution in [1.29, 1.82) is 0 Å². The Labute approximate surface area is 143 Å². The molecule has 5 nitrogen and oxygen atoms in total. The highest BCUT2D eigenvalue weighted by Gasteiger charge is 2.23. The Morgan fingerprint density at radius 3 is 2.46 bits per heavy atom. The molecule has 0 saturated carbocycles. The first-order valence-electron chi connectivity index (χ1n) is 7.18. The number of rotatable bonds is 4. The SMILES string of the molecule is COc1ccc(C(=O)c2oc3ccc(Cl)cc3c2NC(C)=O)cc1. The fraction of sp³-hybridized carbons (Fsp3) is 0.111. The van der Waals surface area contributed by atoms with Crippen LogP contribution in [0.5, 0.6) is 5.75 Å². The van der Waals surface area contributed by atoms with Crippen molar-refractivity contribution in [3.63, 3.8) is 0 Å². The second-order valence-electron chi connectivity index (χ2n) is 5.19. The Morgan fingerprint density at radius 1 is 1.12 bits per heavy atom. The topological polar surface area (TPSA) is 68.5 Å². The lowest BCUT2D eigenvalue weighted by Gasteiger charge is -2.04. The molecule has 0 aliphatic rings. The number of carbonyl (C=O) groups excluding carboxylic acids is 2. The highest BCUT2D eigenvalue weighted by atomic mass is 35.5. The van der Waals surface area contributed by atoms with Crippen LogP contribution in [-0.4, -0.2) is 18.8 Å². The first-order chi connectivity index (χ1) is 11.5. The number of benzene rings is 2. The lowest BCUT2D eigenvalue weighted by Crippen LogP contribution is -2.10. The number of halogens is 1. The van der Waals surface area contributed by atoms with Gasteiger partial charge in [0.05, 0.1) is 12.8 Å². The molecule has 6 heteroatoms. The summed E-state index contributed by atoms with van der Waals surface area (Å²) in [5, 5.41) is 3.72. The van der Waals surface area contributed by atoms with Crippen molar-refractivity contribution in [1.82, 2.24) is 0 Å². The molecule has 0 fully saturated rings. The molecule has 3 rings (SSSR count). The molecule has 122 valence electrons. The van der Waals surface area contributed by atoms with E-state index >= 15 is 0 Å². The van der Waals surface area contributed by atoms with Crippen LogP contribution in [-0.2, 0) is 4.79 Å².